The van der Waals surface area contributed by atoms with Gasteiger partial charge in [-0.3, -0.25) is 9.69 Å². The first kappa shape index (κ1) is 13.8. The van der Waals surface area contributed by atoms with Gasteiger partial charge < -0.3 is 5.32 Å². The van der Waals surface area contributed by atoms with Crippen molar-refractivity contribution < 1.29 is 9.59 Å². The third-order valence-electron chi connectivity index (χ3n) is 3.19. The van der Waals surface area contributed by atoms with E-state index in [0.29, 0.717) is 12.3 Å². The van der Waals surface area contributed by atoms with Crippen LogP contribution in [0.25, 0.3) is 11.0 Å². The number of nitrogens with zero attached hydrogens (tertiary/aromatic N) is 3. The van der Waals surface area contributed by atoms with Crippen LogP contribution in [-0.4, -0.2) is 45.6 Å². The highest BCUT2D eigenvalue weighted by Crippen LogP contribution is 2.22. The van der Waals surface area contributed by atoms with E-state index >= 15 is 0 Å². The molecule has 0 unspecified atom stereocenters. The Hall–Kier alpha value is -2.15. The molecule has 0 saturated carbocycles. The summed E-state index contributed by atoms with van der Waals surface area (Å²) in [6.07, 6.45) is 0. The van der Waals surface area contributed by atoms with E-state index in [-0.39, 0.29) is 18.5 Å². The molecule has 2 aromatic rings. The average Bonchev–Trinajstić information content (AvgIpc) is 2.79. The van der Waals surface area contributed by atoms with Crippen molar-refractivity contribution in [1.29, 1.82) is 0 Å². The molecule has 1 aliphatic rings. The fourth-order valence-corrected chi connectivity index (χ4v) is 3.01. The van der Waals surface area contributed by atoms with Crippen molar-refractivity contribution in [3.8, 4) is 0 Å². The molecular formula is C14H14N4O2S. The van der Waals surface area contributed by atoms with Crippen LogP contribution in [0.5, 0.6) is 0 Å². The highest BCUT2D eigenvalue weighted by Gasteiger charge is 2.27. The maximum Gasteiger partial charge on any atom is 0.324 e. The van der Waals surface area contributed by atoms with E-state index in [0.717, 1.165) is 21.8 Å². The second-order valence-corrected chi connectivity index (χ2v) is 5.74. The normalized spacial score (nSPS) is 14.8. The standard InChI is InChI=1S/C14H14N4O2S/c1-9-13(17-11-5-3-2-4-10(11)16-9)21-7-6-18-12(19)8-15-14(18)20/h2-5H,6-8H2,1H3,(H,15,20). The fraction of sp³-hybridized carbons (Fsp3) is 0.286. The van der Waals surface area contributed by atoms with Crippen LogP contribution in [0, 0.1) is 6.92 Å². The summed E-state index contributed by atoms with van der Waals surface area (Å²) in [7, 11) is 0. The first-order chi connectivity index (χ1) is 10.1. The van der Waals surface area contributed by atoms with Gasteiger partial charge in [-0.1, -0.05) is 12.1 Å². The molecule has 1 aromatic carbocycles. The number of rotatable bonds is 4. The Morgan fingerprint density at radius 2 is 1.95 bits per heavy atom. The Morgan fingerprint density at radius 3 is 2.62 bits per heavy atom. The van der Waals surface area contributed by atoms with E-state index in [1.807, 2.05) is 31.2 Å². The Bertz CT molecular complexity index is 703. The highest BCUT2D eigenvalue weighted by atomic mass is 32.2. The van der Waals surface area contributed by atoms with Gasteiger partial charge in [0.15, 0.2) is 0 Å². The van der Waals surface area contributed by atoms with Crippen molar-refractivity contribution in [2.24, 2.45) is 0 Å². The van der Waals surface area contributed by atoms with Crippen LogP contribution in [-0.2, 0) is 4.79 Å². The van der Waals surface area contributed by atoms with Crippen molar-refractivity contribution in [1.82, 2.24) is 20.2 Å². The first-order valence-corrected chi connectivity index (χ1v) is 7.58. The zero-order chi connectivity index (χ0) is 14.8. The Kier molecular flexibility index (Phi) is 3.74. The van der Waals surface area contributed by atoms with Crippen LogP contribution in [0.2, 0.25) is 0 Å². The smallest absolute Gasteiger partial charge is 0.324 e. The summed E-state index contributed by atoms with van der Waals surface area (Å²) in [6.45, 7) is 2.39. The minimum atomic E-state index is -0.318. The van der Waals surface area contributed by atoms with Crippen LogP contribution in [0.15, 0.2) is 29.3 Å². The SMILES string of the molecule is Cc1nc2ccccc2nc1SCCN1C(=O)CNC1=O. The molecular weight excluding hydrogens is 288 g/mol. The Morgan fingerprint density at radius 1 is 1.24 bits per heavy atom. The molecule has 1 saturated heterocycles. The van der Waals surface area contributed by atoms with Gasteiger partial charge in [0.1, 0.15) is 5.03 Å². The van der Waals surface area contributed by atoms with E-state index in [9.17, 15) is 9.59 Å². The quantitative estimate of drug-likeness (QED) is 0.685. The van der Waals surface area contributed by atoms with Gasteiger partial charge in [0.05, 0.1) is 23.3 Å². The molecule has 0 aliphatic carbocycles. The summed E-state index contributed by atoms with van der Waals surface area (Å²) < 4.78 is 0. The molecule has 7 heteroatoms. The summed E-state index contributed by atoms with van der Waals surface area (Å²) in [5.74, 6) is 0.425. The van der Waals surface area contributed by atoms with E-state index < -0.39 is 0 Å². The summed E-state index contributed by atoms with van der Waals surface area (Å²) in [4.78, 5) is 33.2. The fourth-order valence-electron chi connectivity index (χ4n) is 2.12. The topological polar surface area (TPSA) is 75.2 Å². The van der Waals surface area contributed by atoms with Crippen molar-refractivity contribution in [3.63, 3.8) is 0 Å². The molecule has 2 heterocycles. The number of hydrogen-bond acceptors (Lipinski definition) is 5. The number of hydrogen-bond donors (Lipinski definition) is 1. The molecule has 3 rings (SSSR count). The predicted octanol–water partition coefficient (Wildman–Crippen LogP) is 1.58. The minimum absolute atomic E-state index is 0.0955. The number of amides is 3. The largest absolute Gasteiger partial charge is 0.329 e. The molecule has 0 radical (unpaired) electrons. The molecule has 6 nitrogen and oxygen atoms in total. The van der Waals surface area contributed by atoms with Gasteiger partial charge in [-0.25, -0.2) is 14.8 Å². The average molecular weight is 302 g/mol. The lowest BCUT2D eigenvalue weighted by atomic mass is 10.3. The van der Waals surface area contributed by atoms with Crippen molar-refractivity contribution >= 4 is 34.7 Å². The zero-order valence-electron chi connectivity index (χ0n) is 11.5. The van der Waals surface area contributed by atoms with Gasteiger partial charge in [-0.05, 0) is 19.1 Å². The summed E-state index contributed by atoms with van der Waals surface area (Å²) in [6, 6.07) is 7.39. The maximum atomic E-state index is 11.5. The van der Waals surface area contributed by atoms with Crippen LogP contribution >= 0.6 is 11.8 Å². The third kappa shape index (κ3) is 2.82. The number of urea groups is 1. The number of imide groups is 1. The van der Waals surface area contributed by atoms with E-state index in [1.54, 1.807) is 0 Å². The molecule has 0 bridgehead atoms. The number of para-hydroxylation sites is 2. The highest BCUT2D eigenvalue weighted by molar-refractivity contribution is 7.99. The molecule has 1 fully saturated rings. The number of carbonyl (C=O) groups is 2. The van der Waals surface area contributed by atoms with E-state index in [4.69, 9.17) is 0 Å². The molecule has 0 atom stereocenters. The number of carbonyl (C=O) groups excluding carboxylic acids is 2. The van der Waals surface area contributed by atoms with Crippen LogP contribution in [0.4, 0.5) is 4.79 Å². The molecule has 21 heavy (non-hydrogen) atoms. The predicted molar refractivity (Wildman–Crippen MR) is 80.1 cm³/mol. The van der Waals surface area contributed by atoms with Crippen LogP contribution in [0.1, 0.15) is 5.69 Å². The van der Waals surface area contributed by atoms with Crippen LogP contribution < -0.4 is 5.32 Å². The van der Waals surface area contributed by atoms with Gasteiger partial charge in [0.2, 0.25) is 5.91 Å². The molecule has 108 valence electrons. The van der Waals surface area contributed by atoms with Gasteiger partial charge >= 0.3 is 6.03 Å². The maximum absolute atomic E-state index is 11.5. The lowest BCUT2D eigenvalue weighted by Gasteiger charge is -2.12. The minimum Gasteiger partial charge on any atom is -0.329 e. The molecule has 1 aliphatic heterocycles. The van der Waals surface area contributed by atoms with E-state index in [2.05, 4.69) is 15.3 Å². The number of thioether (sulfide) groups is 1. The molecule has 0 spiro atoms. The van der Waals surface area contributed by atoms with Gasteiger partial charge in [-0.15, -0.1) is 11.8 Å². The van der Waals surface area contributed by atoms with Crippen molar-refractivity contribution in [2.45, 2.75) is 11.9 Å². The molecule has 1 aromatic heterocycles. The van der Waals surface area contributed by atoms with Gasteiger partial charge in [0, 0.05) is 12.3 Å². The Labute approximate surface area is 125 Å². The molecule has 3 amide bonds. The number of fused-ring (bicyclic) bond motifs is 1. The Balaban J connectivity index is 1.69. The number of nitrogens with one attached hydrogen (secondary N) is 1. The number of aromatic nitrogens is 2. The number of aryl methyl sites for hydroxylation is 1. The zero-order valence-corrected chi connectivity index (χ0v) is 12.3. The third-order valence-corrected chi connectivity index (χ3v) is 4.24. The summed E-state index contributed by atoms with van der Waals surface area (Å²) in [5.41, 5.74) is 2.57. The lowest BCUT2D eigenvalue weighted by Crippen LogP contribution is -2.32. The van der Waals surface area contributed by atoms with Gasteiger partial charge in [0.25, 0.3) is 0 Å². The summed E-state index contributed by atoms with van der Waals surface area (Å²) in [5, 5.41) is 3.34. The van der Waals surface area contributed by atoms with E-state index in [1.165, 1.54) is 16.7 Å². The summed E-state index contributed by atoms with van der Waals surface area (Å²) >= 11 is 1.51. The van der Waals surface area contributed by atoms with Crippen LogP contribution in [0.3, 0.4) is 0 Å². The van der Waals surface area contributed by atoms with Gasteiger partial charge in [-0.2, -0.15) is 0 Å². The number of benzene rings is 1. The first-order valence-electron chi connectivity index (χ1n) is 6.59. The van der Waals surface area contributed by atoms with Crippen molar-refractivity contribution in [2.75, 3.05) is 18.8 Å². The second kappa shape index (κ2) is 5.69. The second-order valence-electron chi connectivity index (χ2n) is 4.66. The molecule has 1 N–H and O–H groups in total. The van der Waals surface area contributed by atoms with Crippen molar-refractivity contribution in [3.05, 3.63) is 30.0 Å². The lowest BCUT2D eigenvalue weighted by molar-refractivity contribution is -0.124. The monoisotopic (exact) mass is 302 g/mol.